The Morgan fingerprint density at radius 1 is 1.06 bits per heavy atom. The van der Waals surface area contributed by atoms with Crippen LogP contribution in [0.2, 0.25) is 0 Å². The number of ether oxygens (including phenoxy) is 1. The number of carbonyl (C=O) groups is 1. The Labute approximate surface area is 186 Å². The average Bonchev–Trinajstić information content (AvgIpc) is 3.22. The molecule has 0 bridgehead atoms. The molecule has 0 unspecified atom stereocenters. The van der Waals surface area contributed by atoms with Crippen LogP contribution in [-0.2, 0) is 18.6 Å². The number of hydrogen-bond donors (Lipinski definition) is 2. The number of oxazole rings is 1. The smallest absolute Gasteiger partial charge is 0.319 e. The first-order valence-electron chi connectivity index (χ1n) is 10.4. The second-order valence-electron chi connectivity index (χ2n) is 8.55. The fraction of sp³-hybridized carbons (Fsp3) is 0.240. The molecule has 0 spiro atoms. The molecular formula is C25H26N4O3. The Bertz CT molecular complexity index is 1200. The molecule has 4 aromatic rings. The van der Waals surface area contributed by atoms with E-state index in [1.54, 1.807) is 18.5 Å². The minimum Gasteiger partial charge on any atom is -0.489 e. The van der Waals surface area contributed by atoms with Gasteiger partial charge >= 0.3 is 6.03 Å². The second-order valence-corrected chi connectivity index (χ2v) is 8.55. The molecule has 2 N–H and O–H groups in total. The van der Waals surface area contributed by atoms with Crippen LogP contribution in [0.25, 0.3) is 11.1 Å². The maximum absolute atomic E-state index is 12.3. The first kappa shape index (κ1) is 21.4. The van der Waals surface area contributed by atoms with Crippen LogP contribution in [0.3, 0.4) is 0 Å². The van der Waals surface area contributed by atoms with E-state index >= 15 is 0 Å². The number of urea groups is 1. The van der Waals surface area contributed by atoms with Crippen molar-refractivity contribution in [1.82, 2.24) is 15.3 Å². The monoisotopic (exact) mass is 430 g/mol. The largest absolute Gasteiger partial charge is 0.489 e. The second kappa shape index (κ2) is 9.09. The number of rotatable bonds is 6. The number of hydrogen-bond acceptors (Lipinski definition) is 5. The van der Waals surface area contributed by atoms with Crippen molar-refractivity contribution in [3.05, 3.63) is 84.0 Å². The molecule has 0 aliphatic carbocycles. The zero-order valence-corrected chi connectivity index (χ0v) is 18.4. The molecule has 32 heavy (non-hydrogen) atoms. The fourth-order valence-electron chi connectivity index (χ4n) is 3.04. The van der Waals surface area contributed by atoms with Crippen LogP contribution >= 0.6 is 0 Å². The number of pyridine rings is 1. The zero-order valence-electron chi connectivity index (χ0n) is 18.4. The predicted octanol–water partition coefficient (Wildman–Crippen LogP) is 5.42. The van der Waals surface area contributed by atoms with E-state index in [0.717, 1.165) is 22.4 Å². The van der Waals surface area contributed by atoms with Crippen molar-refractivity contribution in [1.29, 1.82) is 0 Å². The molecule has 0 aliphatic rings. The third-order valence-electron chi connectivity index (χ3n) is 4.79. The zero-order chi connectivity index (χ0) is 22.6. The minimum absolute atomic E-state index is 0.177. The molecule has 2 aromatic carbocycles. The highest BCUT2D eigenvalue weighted by Gasteiger charge is 2.21. The van der Waals surface area contributed by atoms with Gasteiger partial charge < -0.3 is 19.8 Å². The van der Waals surface area contributed by atoms with Crippen molar-refractivity contribution in [3.63, 3.8) is 0 Å². The lowest BCUT2D eigenvalue weighted by Gasteiger charge is -2.11. The van der Waals surface area contributed by atoms with Crippen LogP contribution in [-0.4, -0.2) is 16.0 Å². The number of amides is 2. The third-order valence-corrected chi connectivity index (χ3v) is 4.79. The van der Waals surface area contributed by atoms with Crippen molar-refractivity contribution in [2.24, 2.45) is 0 Å². The molecule has 2 amide bonds. The summed E-state index contributed by atoms with van der Waals surface area (Å²) in [5, 5.41) is 5.70. The lowest BCUT2D eigenvalue weighted by Crippen LogP contribution is -2.28. The van der Waals surface area contributed by atoms with Gasteiger partial charge in [0.15, 0.2) is 5.58 Å². The lowest BCUT2D eigenvalue weighted by molar-refractivity contribution is 0.251. The van der Waals surface area contributed by atoms with Crippen molar-refractivity contribution in [2.75, 3.05) is 5.32 Å². The predicted molar refractivity (Wildman–Crippen MR) is 124 cm³/mol. The summed E-state index contributed by atoms with van der Waals surface area (Å²) >= 11 is 0. The van der Waals surface area contributed by atoms with E-state index in [0.29, 0.717) is 30.3 Å². The normalized spacial score (nSPS) is 11.3. The van der Waals surface area contributed by atoms with Gasteiger partial charge in [-0.2, -0.15) is 0 Å². The lowest BCUT2D eigenvalue weighted by atomic mass is 9.97. The fourth-order valence-corrected chi connectivity index (χ4v) is 3.04. The van der Waals surface area contributed by atoms with Crippen LogP contribution in [0.15, 0.2) is 71.4 Å². The summed E-state index contributed by atoms with van der Waals surface area (Å²) in [5.41, 5.74) is 3.87. The number of aromatic nitrogens is 2. The van der Waals surface area contributed by atoms with E-state index in [9.17, 15) is 4.79 Å². The van der Waals surface area contributed by atoms with E-state index in [1.165, 1.54) is 0 Å². The Morgan fingerprint density at radius 3 is 2.59 bits per heavy atom. The van der Waals surface area contributed by atoms with Crippen LogP contribution in [0.1, 0.15) is 37.8 Å². The van der Waals surface area contributed by atoms with Gasteiger partial charge in [-0.1, -0.05) is 39.0 Å². The van der Waals surface area contributed by atoms with Crippen LogP contribution in [0.4, 0.5) is 10.5 Å². The van der Waals surface area contributed by atoms with Crippen molar-refractivity contribution >= 4 is 22.8 Å². The first-order valence-corrected chi connectivity index (χ1v) is 10.4. The maximum Gasteiger partial charge on any atom is 0.319 e. The van der Waals surface area contributed by atoms with E-state index < -0.39 is 0 Å². The Kier molecular flexibility index (Phi) is 6.07. The molecule has 0 saturated heterocycles. The number of nitrogens with zero attached hydrogens (tertiary/aromatic N) is 2. The minimum atomic E-state index is -0.291. The number of nitrogens with one attached hydrogen (secondary N) is 2. The molecule has 2 aromatic heterocycles. The van der Waals surface area contributed by atoms with Crippen LogP contribution in [0.5, 0.6) is 5.75 Å². The number of carbonyl (C=O) groups excluding carboxylic acids is 1. The SMILES string of the molecule is CC(C)(C)c1nc2cc(NC(=O)NCc3ccc(OCc4cccnc4)cc3)ccc2o1. The number of anilines is 1. The van der Waals surface area contributed by atoms with Gasteiger partial charge in [0.05, 0.1) is 0 Å². The van der Waals surface area contributed by atoms with E-state index in [4.69, 9.17) is 9.15 Å². The third kappa shape index (κ3) is 5.43. The molecular weight excluding hydrogens is 404 g/mol. The Balaban J connectivity index is 1.29. The molecule has 164 valence electrons. The Morgan fingerprint density at radius 2 is 1.88 bits per heavy atom. The summed E-state index contributed by atoms with van der Waals surface area (Å²) in [6, 6.07) is 16.6. The summed E-state index contributed by atoms with van der Waals surface area (Å²) in [4.78, 5) is 20.9. The molecule has 0 radical (unpaired) electrons. The van der Waals surface area contributed by atoms with Crippen molar-refractivity contribution < 1.29 is 13.9 Å². The molecule has 0 saturated carbocycles. The number of benzene rings is 2. The average molecular weight is 431 g/mol. The van der Waals surface area contributed by atoms with Crippen LogP contribution < -0.4 is 15.4 Å². The maximum atomic E-state index is 12.3. The van der Waals surface area contributed by atoms with Gasteiger partial charge in [-0.25, -0.2) is 9.78 Å². The molecule has 2 heterocycles. The molecule has 7 nitrogen and oxygen atoms in total. The van der Waals surface area contributed by atoms with Crippen molar-refractivity contribution in [2.45, 2.75) is 39.3 Å². The Hall–Kier alpha value is -3.87. The van der Waals surface area contributed by atoms with Gasteiger partial charge in [-0.3, -0.25) is 4.98 Å². The molecule has 0 fully saturated rings. The first-order chi connectivity index (χ1) is 15.4. The summed E-state index contributed by atoms with van der Waals surface area (Å²) < 4.78 is 11.6. The molecule has 4 rings (SSSR count). The highest BCUT2D eigenvalue weighted by molar-refractivity contribution is 5.91. The molecule has 7 heteroatoms. The van der Waals surface area contributed by atoms with Gasteiger partial charge in [0.1, 0.15) is 17.9 Å². The van der Waals surface area contributed by atoms with Gasteiger partial charge in [0, 0.05) is 35.6 Å². The summed E-state index contributed by atoms with van der Waals surface area (Å²) in [6.45, 7) is 6.99. The molecule has 0 aliphatic heterocycles. The van der Waals surface area contributed by atoms with E-state index in [-0.39, 0.29) is 11.4 Å². The van der Waals surface area contributed by atoms with Crippen molar-refractivity contribution in [3.8, 4) is 5.75 Å². The van der Waals surface area contributed by atoms with E-state index in [2.05, 4.69) is 20.6 Å². The number of fused-ring (bicyclic) bond motifs is 1. The van der Waals surface area contributed by atoms with Gasteiger partial charge in [0.2, 0.25) is 5.89 Å². The van der Waals surface area contributed by atoms with E-state index in [1.807, 2.05) is 69.3 Å². The molecule has 0 atom stereocenters. The summed E-state index contributed by atoms with van der Waals surface area (Å²) in [6.07, 6.45) is 3.51. The topological polar surface area (TPSA) is 89.3 Å². The van der Waals surface area contributed by atoms with Crippen LogP contribution in [0, 0.1) is 0 Å². The quantitative estimate of drug-likeness (QED) is 0.426. The summed E-state index contributed by atoms with van der Waals surface area (Å²) in [5.74, 6) is 1.43. The highest BCUT2D eigenvalue weighted by Crippen LogP contribution is 2.27. The van der Waals surface area contributed by atoms with Gasteiger partial charge in [0.25, 0.3) is 0 Å². The van der Waals surface area contributed by atoms with Gasteiger partial charge in [-0.05, 0) is 42.0 Å². The standard InChI is InChI=1S/C25H26N4O3/c1-25(2,3)23-29-21-13-19(8-11-22(21)32-23)28-24(30)27-15-17-6-9-20(10-7-17)31-16-18-5-4-12-26-14-18/h4-14H,15-16H2,1-3H3,(H2,27,28,30). The summed E-state index contributed by atoms with van der Waals surface area (Å²) in [7, 11) is 0. The highest BCUT2D eigenvalue weighted by atomic mass is 16.5. The van der Waals surface area contributed by atoms with Gasteiger partial charge in [-0.15, -0.1) is 0 Å².